The van der Waals surface area contributed by atoms with E-state index < -0.39 is 10.0 Å². The van der Waals surface area contributed by atoms with Crippen LogP contribution >= 0.6 is 0 Å². The molecular formula is C18H23N3O2S. The van der Waals surface area contributed by atoms with Crippen LogP contribution in [0.1, 0.15) is 38.5 Å². The smallest absolute Gasteiger partial charge is 0.263 e. The van der Waals surface area contributed by atoms with E-state index in [0.29, 0.717) is 11.9 Å². The van der Waals surface area contributed by atoms with Crippen molar-refractivity contribution in [1.29, 1.82) is 0 Å². The molecule has 0 unspecified atom stereocenters. The number of benzene rings is 1. The molecule has 24 heavy (non-hydrogen) atoms. The highest BCUT2D eigenvalue weighted by Crippen LogP contribution is 2.22. The second-order valence-corrected chi connectivity index (χ2v) is 7.87. The van der Waals surface area contributed by atoms with Gasteiger partial charge in [-0.3, -0.25) is 4.72 Å². The maximum Gasteiger partial charge on any atom is 0.263 e. The van der Waals surface area contributed by atoms with Crippen LogP contribution in [-0.2, 0) is 10.0 Å². The van der Waals surface area contributed by atoms with Crippen molar-refractivity contribution in [3.8, 4) is 0 Å². The molecule has 1 aromatic carbocycles. The minimum Gasteiger partial charge on any atom is -0.381 e. The highest BCUT2D eigenvalue weighted by molar-refractivity contribution is 7.92. The summed E-state index contributed by atoms with van der Waals surface area (Å²) in [5.74, 6) is 0.324. The Morgan fingerprint density at radius 3 is 2.25 bits per heavy atom. The summed E-state index contributed by atoms with van der Waals surface area (Å²) in [5.41, 5.74) is 0.935. The molecule has 2 N–H and O–H groups in total. The average molecular weight is 345 g/mol. The number of aromatic nitrogens is 1. The largest absolute Gasteiger partial charge is 0.381 e. The second kappa shape index (κ2) is 7.66. The lowest BCUT2D eigenvalue weighted by molar-refractivity contribution is 0.601. The first-order chi connectivity index (χ1) is 11.6. The number of rotatable bonds is 5. The third kappa shape index (κ3) is 4.47. The lowest BCUT2D eigenvalue weighted by Crippen LogP contribution is -2.18. The Balaban J connectivity index is 1.64. The fourth-order valence-corrected chi connectivity index (χ4v) is 4.02. The third-order valence-corrected chi connectivity index (χ3v) is 5.65. The van der Waals surface area contributed by atoms with Gasteiger partial charge in [-0.25, -0.2) is 13.4 Å². The topological polar surface area (TPSA) is 71.1 Å². The molecule has 0 radical (unpaired) electrons. The van der Waals surface area contributed by atoms with E-state index in [4.69, 9.17) is 0 Å². The van der Waals surface area contributed by atoms with Crippen LogP contribution in [-0.4, -0.2) is 19.4 Å². The van der Waals surface area contributed by atoms with Crippen molar-refractivity contribution in [2.24, 2.45) is 0 Å². The molecule has 6 heteroatoms. The Hall–Kier alpha value is -2.08. The number of hydrogen-bond acceptors (Lipinski definition) is 4. The maximum atomic E-state index is 12.3. The first-order valence-corrected chi connectivity index (χ1v) is 9.92. The van der Waals surface area contributed by atoms with Gasteiger partial charge in [-0.2, -0.15) is 0 Å². The molecule has 0 atom stereocenters. The summed E-state index contributed by atoms with van der Waals surface area (Å²) in [6.45, 7) is 0. The summed E-state index contributed by atoms with van der Waals surface area (Å²) in [7, 11) is -3.59. The van der Waals surface area contributed by atoms with Gasteiger partial charge in [-0.15, -0.1) is 0 Å². The molecule has 3 rings (SSSR count). The molecule has 0 aliphatic heterocycles. The molecule has 0 saturated heterocycles. The van der Waals surface area contributed by atoms with Gasteiger partial charge in [0, 0.05) is 6.04 Å². The SMILES string of the molecule is O=S(=O)(Nc1ccc(NC2CCCCCC2)cn1)c1ccccc1. The number of sulfonamides is 1. The highest BCUT2D eigenvalue weighted by atomic mass is 32.2. The van der Waals surface area contributed by atoms with Crippen LogP contribution in [0.3, 0.4) is 0 Å². The molecule has 1 heterocycles. The van der Waals surface area contributed by atoms with E-state index in [1.807, 2.05) is 6.07 Å². The zero-order valence-electron chi connectivity index (χ0n) is 13.6. The number of hydrogen-bond donors (Lipinski definition) is 2. The molecule has 0 bridgehead atoms. The Kier molecular flexibility index (Phi) is 5.35. The highest BCUT2D eigenvalue weighted by Gasteiger charge is 2.15. The van der Waals surface area contributed by atoms with Crippen molar-refractivity contribution in [2.75, 3.05) is 10.0 Å². The fraction of sp³-hybridized carbons (Fsp3) is 0.389. The number of nitrogens with one attached hydrogen (secondary N) is 2. The van der Waals surface area contributed by atoms with Crippen molar-refractivity contribution in [3.05, 3.63) is 48.7 Å². The van der Waals surface area contributed by atoms with Crippen molar-refractivity contribution < 1.29 is 8.42 Å². The van der Waals surface area contributed by atoms with Crippen molar-refractivity contribution in [3.63, 3.8) is 0 Å². The summed E-state index contributed by atoms with van der Waals surface area (Å²) in [5, 5.41) is 3.50. The van der Waals surface area contributed by atoms with Crippen LogP contribution in [0.15, 0.2) is 53.6 Å². The zero-order chi connectivity index (χ0) is 16.8. The van der Waals surface area contributed by atoms with Crippen LogP contribution in [0.25, 0.3) is 0 Å². The summed E-state index contributed by atoms with van der Waals surface area (Å²) in [6, 6.07) is 12.4. The van der Waals surface area contributed by atoms with Gasteiger partial charge in [-0.05, 0) is 37.1 Å². The summed E-state index contributed by atoms with van der Waals surface area (Å²) in [6.07, 6.45) is 9.21. The van der Waals surface area contributed by atoms with Gasteiger partial charge in [0.15, 0.2) is 0 Å². The van der Waals surface area contributed by atoms with E-state index in [2.05, 4.69) is 15.0 Å². The molecule has 1 fully saturated rings. The second-order valence-electron chi connectivity index (χ2n) is 6.18. The standard InChI is InChI=1S/C18H23N3O2S/c22-24(23,17-10-6-3-7-11-17)21-18-13-12-16(14-19-18)20-15-8-4-1-2-5-9-15/h3,6-7,10-15,20H,1-2,4-5,8-9H2,(H,19,21). The minimum atomic E-state index is -3.59. The third-order valence-electron chi connectivity index (χ3n) is 4.28. The Morgan fingerprint density at radius 1 is 0.917 bits per heavy atom. The molecule has 0 spiro atoms. The lowest BCUT2D eigenvalue weighted by Gasteiger charge is -2.17. The molecule has 5 nitrogen and oxygen atoms in total. The molecule has 128 valence electrons. The maximum absolute atomic E-state index is 12.3. The predicted octanol–water partition coefficient (Wildman–Crippen LogP) is 4.02. The van der Waals surface area contributed by atoms with Gasteiger partial charge in [-0.1, -0.05) is 43.9 Å². The van der Waals surface area contributed by atoms with E-state index in [-0.39, 0.29) is 4.90 Å². The summed E-state index contributed by atoms with van der Waals surface area (Å²) in [4.78, 5) is 4.45. The monoisotopic (exact) mass is 345 g/mol. The Bertz CT molecular complexity index is 738. The van der Waals surface area contributed by atoms with E-state index in [0.717, 1.165) is 5.69 Å². The first kappa shape index (κ1) is 16.8. The van der Waals surface area contributed by atoms with E-state index >= 15 is 0 Å². The summed E-state index contributed by atoms with van der Waals surface area (Å²) >= 11 is 0. The lowest BCUT2D eigenvalue weighted by atomic mass is 10.1. The van der Waals surface area contributed by atoms with Crippen LogP contribution in [0.2, 0.25) is 0 Å². The average Bonchev–Trinajstić information content (AvgIpc) is 2.86. The van der Waals surface area contributed by atoms with Gasteiger partial charge < -0.3 is 5.32 Å². The quantitative estimate of drug-likeness (QED) is 0.803. The minimum absolute atomic E-state index is 0.229. The van der Waals surface area contributed by atoms with Crippen molar-refractivity contribution >= 4 is 21.5 Å². The number of anilines is 2. The van der Waals surface area contributed by atoms with Gasteiger partial charge >= 0.3 is 0 Å². The van der Waals surface area contributed by atoms with Crippen LogP contribution in [0, 0.1) is 0 Å². The van der Waals surface area contributed by atoms with E-state index in [1.54, 1.807) is 42.6 Å². The molecular weight excluding hydrogens is 322 g/mol. The Labute approximate surface area is 143 Å². The van der Waals surface area contributed by atoms with Crippen LogP contribution in [0.5, 0.6) is 0 Å². The normalized spacial score (nSPS) is 16.3. The first-order valence-electron chi connectivity index (χ1n) is 8.44. The molecule has 1 aliphatic rings. The van der Waals surface area contributed by atoms with Crippen LogP contribution < -0.4 is 10.0 Å². The molecule has 0 amide bonds. The molecule has 1 aromatic heterocycles. The van der Waals surface area contributed by atoms with Crippen molar-refractivity contribution in [1.82, 2.24) is 4.98 Å². The van der Waals surface area contributed by atoms with Crippen molar-refractivity contribution in [2.45, 2.75) is 49.5 Å². The van der Waals surface area contributed by atoms with E-state index in [1.165, 1.54) is 38.5 Å². The van der Waals surface area contributed by atoms with Gasteiger partial charge in [0.25, 0.3) is 10.0 Å². The Morgan fingerprint density at radius 2 is 1.62 bits per heavy atom. The van der Waals surface area contributed by atoms with Crippen LogP contribution in [0.4, 0.5) is 11.5 Å². The number of nitrogens with zero attached hydrogens (tertiary/aromatic N) is 1. The van der Waals surface area contributed by atoms with Gasteiger partial charge in [0.05, 0.1) is 16.8 Å². The summed E-state index contributed by atoms with van der Waals surface area (Å²) < 4.78 is 27.1. The zero-order valence-corrected chi connectivity index (χ0v) is 14.4. The molecule has 1 aliphatic carbocycles. The predicted molar refractivity (Wildman–Crippen MR) is 96.6 cm³/mol. The van der Waals surface area contributed by atoms with Gasteiger partial charge in [0.1, 0.15) is 5.82 Å². The van der Waals surface area contributed by atoms with E-state index in [9.17, 15) is 8.42 Å². The fourth-order valence-electron chi connectivity index (χ4n) is 3.00. The van der Waals surface area contributed by atoms with Gasteiger partial charge in [0.2, 0.25) is 0 Å². The molecule has 1 saturated carbocycles. The molecule has 2 aromatic rings. The number of pyridine rings is 1.